The molecule has 0 fully saturated rings. The summed E-state index contributed by atoms with van der Waals surface area (Å²) < 4.78 is 5.25. The number of benzene rings is 3. The van der Waals surface area contributed by atoms with Crippen LogP contribution in [0, 0.1) is 0 Å². The van der Waals surface area contributed by atoms with Crippen LogP contribution in [-0.4, -0.2) is 28.2 Å². The molecule has 5 aromatic rings. The molecule has 0 saturated carbocycles. The summed E-state index contributed by atoms with van der Waals surface area (Å²) in [6.45, 7) is 0. The average molecular weight is 479 g/mol. The summed E-state index contributed by atoms with van der Waals surface area (Å²) >= 11 is 1.53. The Labute approximate surface area is 207 Å². The SMILES string of the molecule is COc1cccc(NC(=O)c2ccccc2Sc2ccc3c(/C=C/c4ccccn4)n[nH]c3c2)c1. The van der Waals surface area contributed by atoms with Crippen molar-refractivity contribution >= 4 is 46.4 Å². The van der Waals surface area contributed by atoms with Crippen molar-refractivity contribution in [3.63, 3.8) is 0 Å². The highest BCUT2D eigenvalue weighted by Crippen LogP contribution is 2.33. The molecule has 5 rings (SSSR count). The van der Waals surface area contributed by atoms with E-state index in [1.54, 1.807) is 19.4 Å². The van der Waals surface area contributed by atoms with Gasteiger partial charge in [0.15, 0.2) is 0 Å². The fourth-order valence-corrected chi connectivity index (χ4v) is 4.60. The van der Waals surface area contributed by atoms with E-state index in [2.05, 4.69) is 20.5 Å². The van der Waals surface area contributed by atoms with Crippen molar-refractivity contribution < 1.29 is 9.53 Å². The Hall–Kier alpha value is -4.36. The first kappa shape index (κ1) is 22.4. The van der Waals surface area contributed by atoms with Gasteiger partial charge in [-0.1, -0.05) is 36.0 Å². The third kappa shape index (κ3) is 5.26. The minimum absolute atomic E-state index is 0.175. The van der Waals surface area contributed by atoms with E-state index in [1.165, 1.54) is 11.8 Å². The lowest BCUT2D eigenvalue weighted by Gasteiger charge is -2.11. The van der Waals surface area contributed by atoms with Crippen LogP contribution in [-0.2, 0) is 0 Å². The van der Waals surface area contributed by atoms with Gasteiger partial charge in [-0.05, 0) is 66.7 Å². The second-order valence-corrected chi connectivity index (χ2v) is 8.80. The molecule has 0 saturated heterocycles. The number of nitrogens with one attached hydrogen (secondary N) is 2. The quantitative estimate of drug-likeness (QED) is 0.278. The first-order valence-corrected chi connectivity index (χ1v) is 11.8. The molecule has 0 aliphatic heterocycles. The third-order valence-corrected chi connectivity index (χ3v) is 6.42. The van der Waals surface area contributed by atoms with Crippen molar-refractivity contribution in [1.82, 2.24) is 15.2 Å². The highest BCUT2D eigenvalue weighted by molar-refractivity contribution is 7.99. The van der Waals surface area contributed by atoms with Crippen molar-refractivity contribution in [3.8, 4) is 5.75 Å². The van der Waals surface area contributed by atoms with Gasteiger partial charge < -0.3 is 10.1 Å². The van der Waals surface area contributed by atoms with Crippen molar-refractivity contribution in [2.45, 2.75) is 9.79 Å². The van der Waals surface area contributed by atoms with E-state index >= 15 is 0 Å². The molecule has 3 aromatic carbocycles. The minimum Gasteiger partial charge on any atom is -0.497 e. The monoisotopic (exact) mass is 478 g/mol. The molecule has 2 aromatic heterocycles. The Bertz CT molecular complexity index is 1510. The van der Waals surface area contributed by atoms with E-state index in [0.29, 0.717) is 17.0 Å². The molecule has 0 radical (unpaired) electrons. The molecule has 0 unspecified atom stereocenters. The highest BCUT2D eigenvalue weighted by Gasteiger charge is 2.13. The standard InChI is InChI=1S/C28H22N4O2S/c1-34-21-9-6-8-20(17-21)30-28(33)24-10-2-3-11-27(24)35-22-13-14-23-25(31-32-26(23)18-22)15-12-19-7-4-5-16-29-19/h2-18H,1H3,(H,30,33)(H,31,32)/b15-12+. The van der Waals surface area contributed by atoms with E-state index in [9.17, 15) is 4.79 Å². The maximum Gasteiger partial charge on any atom is 0.256 e. The fraction of sp³-hybridized carbons (Fsp3) is 0.0357. The Kier molecular flexibility index (Phi) is 6.59. The number of ether oxygens (including phenoxy) is 1. The predicted molar refractivity (Wildman–Crippen MR) is 141 cm³/mol. The van der Waals surface area contributed by atoms with E-state index < -0.39 is 0 Å². The number of H-pyrrole nitrogens is 1. The molecular formula is C28H22N4O2S. The molecule has 172 valence electrons. The van der Waals surface area contributed by atoms with Gasteiger partial charge in [0.25, 0.3) is 5.91 Å². The number of carbonyl (C=O) groups is 1. The molecule has 2 heterocycles. The van der Waals surface area contributed by atoms with Crippen LogP contribution in [0.2, 0.25) is 0 Å². The van der Waals surface area contributed by atoms with E-state index in [1.807, 2.05) is 91.0 Å². The summed E-state index contributed by atoms with van der Waals surface area (Å²) in [5, 5.41) is 11.5. The van der Waals surface area contributed by atoms with Gasteiger partial charge in [-0.3, -0.25) is 14.9 Å². The number of aromatic amines is 1. The summed E-state index contributed by atoms with van der Waals surface area (Å²) in [7, 11) is 1.60. The lowest BCUT2D eigenvalue weighted by molar-refractivity contribution is 0.102. The number of hydrogen-bond acceptors (Lipinski definition) is 5. The molecule has 7 heteroatoms. The summed E-state index contributed by atoms with van der Waals surface area (Å²) in [6.07, 6.45) is 5.66. The van der Waals surface area contributed by atoms with Gasteiger partial charge in [0, 0.05) is 33.1 Å². The van der Waals surface area contributed by atoms with Gasteiger partial charge >= 0.3 is 0 Å². The molecule has 0 aliphatic carbocycles. The number of aromatic nitrogens is 3. The van der Waals surface area contributed by atoms with Crippen LogP contribution in [0.5, 0.6) is 5.75 Å². The molecule has 6 nitrogen and oxygen atoms in total. The molecule has 0 atom stereocenters. The molecule has 0 bridgehead atoms. The number of fused-ring (bicyclic) bond motifs is 1. The maximum atomic E-state index is 13.0. The molecule has 35 heavy (non-hydrogen) atoms. The van der Waals surface area contributed by atoms with Crippen LogP contribution in [0.25, 0.3) is 23.1 Å². The number of rotatable bonds is 7. The Morgan fingerprint density at radius 1 is 0.971 bits per heavy atom. The van der Waals surface area contributed by atoms with Crippen molar-refractivity contribution in [2.75, 3.05) is 12.4 Å². The van der Waals surface area contributed by atoms with Crippen LogP contribution >= 0.6 is 11.8 Å². The van der Waals surface area contributed by atoms with E-state index in [-0.39, 0.29) is 5.91 Å². The second-order valence-electron chi connectivity index (χ2n) is 7.69. The Morgan fingerprint density at radius 3 is 2.71 bits per heavy atom. The van der Waals surface area contributed by atoms with Gasteiger partial charge in [0.05, 0.1) is 29.6 Å². The van der Waals surface area contributed by atoms with Crippen LogP contribution in [0.3, 0.4) is 0 Å². The van der Waals surface area contributed by atoms with Gasteiger partial charge in [0.2, 0.25) is 0 Å². The normalized spacial score (nSPS) is 11.1. The summed E-state index contributed by atoms with van der Waals surface area (Å²) in [5.41, 5.74) is 3.93. The van der Waals surface area contributed by atoms with Crippen molar-refractivity contribution in [1.29, 1.82) is 0 Å². The van der Waals surface area contributed by atoms with Gasteiger partial charge in [-0.25, -0.2) is 0 Å². The zero-order valence-corrected chi connectivity index (χ0v) is 19.8. The largest absolute Gasteiger partial charge is 0.497 e. The fourth-order valence-electron chi connectivity index (χ4n) is 3.62. The van der Waals surface area contributed by atoms with Crippen LogP contribution in [0.15, 0.2) is 101 Å². The minimum atomic E-state index is -0.175. The van der Waals surface area contributed by atoms with Crippen molar-refractivity contribution in [2.24, 2.45) is 0 Å². The number of hydrogen-bond donors (Lipinski definition) is 2. The first-order chi connectivity index (χ1) is 17.2. The Balaban J connectivity index is 1.35. The topological polar surface area (TPSA) is 79.9 Å². The van der Waals surface area contributed by atoms with Crippen LogP contribution < -0.4 is 10.1 Å². The average Bonchev–Trinajstić information content (AvgIpc) is 3.30. The van der Waals surface area contributed by atoms with Gasteiger partial charge in [-0.15, -0.1) is 0 Å². The zero-order valence-electron chi connectivity index (χ0n) is 18.9. The number of carbonyl (C=O) groups excluding carboxylic acids is 1. The van der Waals surface area contributed by atoms with Crippen LogP contribution in [0.4, 0.5) is 5.69 Å². The summed E-state index contributed by atoms with van der Waals surface area (Å²) in [6, 6.07) is 26.8. The number of anilines is 1. The smallest absolute Gasteiger partial charge is 0.256 e. The predicted octanol–water partition coefficient (Wildman–Crippen LogP) is 6.54. The molecule has 0 aliphatic rings. The van der Waals surface area contributed by atoms with Gasteiger partial charge in [0.1, 0.15) is 5.75 Å². The lowest BCUT2D eigenvalue weighted by Crippen LogP contribution is -2.12. The van der Waals surface area contributed by atoms with Crippen molar-refractivity contribution in [3.05, 3.63) is 108 Å². The second kappa shape index (κ2) is 10.3. The third-order valence-electron chi connectivity index (χ3n) is 5.35. The van der Waals surface area contributed by atoms with E-state index in [0.717, 1.165) is 32.1 Å². The molecule has 2 N–H and O–H groups in total. The van der Waals surface area contributed by atoms with Crippen LogP contribution in [0.1, 0.15) is 21.7 Å². The molecule has 1 amide bonds. The van der Waals surface area contributed by atoms with Gasteiger partial charge in [-0.2, -0.15) is 5.10 Å². The zero-order chi connectivity index (χ0) is 24.0. The number of amides is 1. The number of nitrogens with zero attached hydrogens (tertiary/aromatic N) is 2. The van der Waals surface area contributed by atoms with E-state index in [4.69, 9.17) is 4.74 Å². The highest BCUT2D eigenvalue weighted by atomic mass is 32.2. The number of pyridine rings is 1. The maximum absolute atomic E-state index is 13.0. The first-order valence-electron chi connectivity index (χ1n) is 11.0. The summed E-state index contributed by atoms with van der Waals surface area (Å²) in [5.74, 6) is 0.512. The molecular weight excluding hydrogens is 456 g/mol. The lowest BCUT2D eigenvalue weighted by atomic mass is 10.2. The number of methoxy groups -OCH3 is 1. The molecule has 0 spiro atoms. The Morgan fingerprint density at radius 2 is 1.86 bits per heavy atom. The summed E-state index contributed by atoms with van der Waals surface area (Å²) in [4.78, 5) is 19.2.